The summed E-state index contributed by atoms with van der Waals surface area (Å²) in [5.41, 5.74) is 8.09. The first kappa shape index (κ1) is 14.2. The average molecular weight is 274 g/mol. The van der Waals surface area contributed by atoms with Crippen LogP contribution in [0, 0.1) is 5.82 Å². The van der Waals surface area contributed by atoms with Crippen LogP contribution >= 0.6 is 0 Å². The van der Waals surface area contributed by atoms with Crippen molar-refractivity contribution >= 4 is 11.4 Å². The zero-order valence-electron chi connectivity index (χ0n) is 11.8. The van der Waals surface area contributed by atoms with E-state index in [9.17, 15) is 4.39 Å². The Morgan fingerprint density at radius 2 is 1.95 bits per heavy atom. The Balaban J connectivity index is 2.27. The van der Waals surface area contributed by atoms with Gasteiger partial charge in [0.2, 0.25) is 0 Å². The second-order valence-electron chi connectivity index (χ2n) is 4.54. The summed E-state index contributed by atoms with van der Waals surface area (Å²) in [6.07, 6.45) is 0. The maximum atomic E-state index is 14.2. The van der Waals surface area contributed by atoms with Crippen LogP contribution in [0.5, 0.6) is 5.75 Å². The van der Waals surface area contributed by atoms with E-state index in [-0.39, 0.29) is 11.6 Å². The van der Waals surface area contributed by atoms with Crippen LogP contribution in [-0.2, 0) is 6.54 Å². The summed E-state index contributed by atoms with van der Waals surface area (Å²) < 4.78 is 19.2. The summed E-state index contributed by atoms with van der Waals surface area (Å²) >= 11 is 0. The Hall–Kier alpha value is -2.23. The molecule has 0 aliphatic carbocycles. The van der Waals surface area contributed by atoms with Gasteiger partial charge in [-0.3, -0.25) is 0 Å². The molecule has 3 nitrogen and oxygen atoms in total. The lowest BCUT2D eigenvalue weighted by Crippen LogP contribution is -2.22. The fraction of sp³-hybridized carbons (Fsp3) is 0.250. The van der Waals surface area contributed by atoms with E-state index in [0.29, 0.717) is 17.8 Å². The molecule has 0 saturated carbocycles. The molecule has 20 heavy (non-hydrogen) atoms. The lowest BCUT2D eigenvalue weighted by Gasteiger charge is -2.24. The third-order valence-electron chi connectivity index (χ3n) is 3.24. The van der Waals surface area contributed by atoms with Gasteiger partial charge in [-0.15, -0.1) is 0 Å². The first-order valence-corrected chi connectivity index (χ1v) is 6.57. The van der Waals surface area contributed by atoms with E-state index in [1.165, 1.54) is 7.11 Å². The average Bonchev–Trinajstić information content (AvgIpc) is 2.46. The van der Waals surface area contributed by atoms with E-state index in [0.717, 1.165) is 12.2 Å². The highest BCUT2D eigenvalue weighted by Crippen LogP contribution is 2.24. The van der Waals surface area contributed by atoms with Crippen molar-refractivity contribution < 1.29 is 9.13 Å². The van der Waals surface area contributed by atoms with Gasteiger partial charge in [0.05, 0.1) is 7.11 Å². The zero-order chi connectivity index (χ0) is 14.5. The number of methoxy groups -OCH3 is 1. The molecule has 0 atom stereocenters. The molecule has 0 heterocycles. The van der Waals surface area contributed by atoms with Gasteiger partial charge in [0.1, 0.15) is 0 Å². The highest BCUT2D eigenvalue weighted by atomic mass is 19.1. The molecule has 4 heteroatoms. The highest BCUT2D eigenvalue weighted by molar-refractivity contribution is 5.56. The van der Waals surface area contributed by atoms with Crippen molar-refractivity contribution in [2.75, 3.05) is 24.3 Å². The third-order valence-corrected chi connectivity index (χ3v) is 3.24. The molecule has 2 aromatic rings. The number of nitrogens with zero attached hydrogens (tertiary/aromatic N) is 1. The van der Waals surface area contributed by atoms with Crippen LogP contribution in [0.2, 0.25) is 0 Å². The number of benzene rings is 2. The molecule has 2 N–H and O–H groups in total. The molecule has 2 aromatic carbocycles. The fourth-order valence-electron chi connectivity index (χ4n) is 2.15. The second-order valence-corrected chi connectivity index (χ2v) is 4.54. The van der Waals surface area contributed by atoms with Crippen molar-refractivity contribution in [1.29, 1.82) is 0 Å². The number of ether oxygens (including phenoxy) is 1. The number of rotatable bonds is 5. The van der Waals surface area contributed by atoms with E-state index < -0.39 is 0 Å². The summed E-state index contributed by atoms with van der Waals surface area (Å²) in [5, 5.41) is 0. The van der Waals surface area contributed by atoms with Crippen molar-refractivity contribution in [3.63, 3.8) is 0 Å². The first-order chi connectivity index (χ1) is 9.65. The predicted molar refractivity (Wildman–Crippen MR) is 80.5 cm³/mol. The van der Waals surface area contributed by atoms with Crippen LogP contribution in [0.15, 0.2) is 42.5 Å². The number of nitrogens with two attached hydrogens (primary N) is 1. The van der Waals surface area contributed by atoms with Crippen molar-refractivity contribution in [2.45, 2.75) is 13.5 Å². The molecular weight excluding hydrogens is 255 g/mol. The van der Waals surface area contributed by atoms with E-state index >= 15 is 0 Å². The Kier molecular flexibility index (Phi) is 4.45. The standard InChI is InChI=1S/C16H19FN2O/c1-3-19(14-8-5-7-13(18)10-14)11-12-6-4-9-15(20-2)16(12)17/h4-10H,3,11,18H2,1-2H3. The van der Waals surface area contributed by atoms with Crippen LogP contribution in [0.25, 0.3) is 0 Å². The summed E-state index contributed by atoms with van der Waals surface area (Å²) in [4.78, 5) is 2.06. The molecule has 2 rings (SSSR count). The summed E-state index contributed by atoms with van der Waals surface area (Å²) in [5.74, 6) is -0.0384. The molecule has 106 valence electrons. The molecule has 0 radical (unpaired) electrons. The number of hydrogen-bond donors (Lipinski definition) is 1. The van der Waals surface area contributed by atoms with Gasteiger partial charge in [0.25, 0.3) is 0 Å². The quantitative estimate of drug-likeness (QED) is 0.849. The third kappa shape index (κ3) is 3.02. The number of hydrogen-bond acceptors (Lipinski definition) is 3. The van der Waals surface area contributed by atoms with Crippen LogP contribution < -0.4 is 15.4 Å². The molecular formula is C16H19FN2O. The minimum absolute atomic E-state index is 0.270. The first-order valence-electron chi connectivity index (χ1n) is 6.57. The SMILES string of the molecule is CCN(Cc1cccc(OC)c1F)c1cccc(N)c1. The highest BCUT2D eigenvalue weighted by Gasteiger charge is 2.12. The van der Waals surface area contributed by atoms with Crippen LogP contribution in [0.4, 0.5) is 15.8 Å². The molecule has 0 saturated heterocycles. The molecule has 0 aromatic heterocycles. The zero-order valence-corrected chi connectivity index (χ0v) is 11.8. The maximum absolute atomic E-state index is 14.2. The molecule has 0 spiro atoms. The lowest BCUT2D eigenvalue weighted by molar-refractivity contribution is 0.384. The minimum Gasteiger partial charge on any atom is -0.494 e. The monoisotopic (exact) mass is 274 g/mol. The van der Waals surface area contributed by atoms with Crippen molar-refractivity contribution in [1.82, 2.24) is 0 Å². The Morgan fingerprint density at radius 3 is 2.60 bits per heavy atom. The van der Waals surface area contributed by atoms with Gasteiger partial charge in [0.15, 0.2) is 11.6 Å². The van der Waals surface area contributed by atoms with Gasteiger partial charge in [-0.2, -0.15) is 0 Å². The van der Waals surface area contributed by atoms with Gasteiger partial charge < -0.3 is 15.4 Å². The van der Waals surface area contributed by atoms with Crippen molar-refractivity contribution in [3.05, 3.63) is 53.8 Å². The Labute approximate surface area is 118 Å². The number of nitrogen functional groups attached to an aromatic ring is 1. The number of anilines is 2. The van der Waals surface area contributed by atoms with Crippen LogP contribution in [-0.4, -0.2) is 13.7 Å². The molecule has 0 unspecified atom stereocenters. The van der Waals surface area contributed by atoms with E-state index in [1.807, 2.05) is 31.2 Å². The van der Waals surface area contributed by atoms with Crippen LogP contribution in [0.3, 0.4) is 0 Å². The van der Waals surface area contributed by atoms with Crippen molar-refractivity contribution in [2.24, 2.45) is 0 Å². The second kappa shape index (κ2) is 6.28. The summed E-state index contributed by atoms with van der Waals surface area (Å²) in [6, 6.07) is 12.8. The molecule has 0 bridgehead atoms. The summed E-state index contributed by atoms with van der Waals surface area (Å²) in [7, 11) is 1.47. The van der Waals surface area contributed by atoms with Gasteiger partial charge in [-0.25, -0.2) is 4.39 Å². The summed E-state index contributed by atoms with van der Waals surface area (Å²) in [6.45, 7) is 3.27. The molecule has 0 amide bonds. The smallest absolute Gasteiger partial charge is 0.170 e. The maximum Gasteiger partial charge on any atom is 0.170 e. The van der Waals surface area contributed by atoms with Crippen molar-refractivity contribution in [3.8, 4) is 5.75 Å². The van der Waals surface area contributed by atoms with E-state index in [4.69, 9.17) is 10.5 Å². The van der Waals surface area contributed by atoms with Gasteiger partial charge in [-0.05, 0) is 31.2 Å². The Bertz CT molecular complexity index is 586. The molecule has 0 aliphatic rings. The molecule has 0 fully saturated rings. The lowest BCUT2D eigenvalue weighted by atomic mass is 10.1. The molecule has 0 aliphatic heterocycles. The van der Waals surface area contributed by atoms with Crippen LogP contribution in [0.1, 0.15) is 12.5 Å². The van der Waals surface area contributed by atoms with E-state index in [2.05, 4.69) is 4.90 Å². The van der Waals surface area contributed by atoms with E-state index in [1.54, 1.807) is 18.2 Å². The fourth-order valence-corrected chi connectivity index (χ4v) is 2.15. The number of halogens is 1. The predicted octanol–water partition coefficient (Wildman–Crippen LogP) is 3.44. The Morgan fingerprint density at radius 1 is 1.20 bits per heavy atom. The normalized spacial score (nSPS) is 10.3. The topological polar surface area (TPSA) is 38.5 Å². The van der Waals surface area contributed by atoms with Gasteiger partial charge in [0, 0.05) is 30.0 Å². The van der Waals surface area contributed by atoms with Gasteiger partial charge in [-0.1, -0.05) is 18.2 Å². The minimum atomic E-state index is -0.308. The van der Waals surface area contributed by atoms with Gasteiger partial charge >= 0.3 is 0 Å². The largest absolute Gasteiger partial charge is 0.494 e.